The molecule has 0 atom stereocenters. The topological polar surface area (TPSA) is 59.3 Å². The Morgan fingerprint density at radius 3 is 2.31 bits per heavy atom. The van der Waals surface area contributed by atoms with Crippen LogP contribution in [0.25, 0.3) is 11.3 Å². The number of carbonyl (C=O) groups is 1. The van der Waals surface area contributed by atoms with E-state index in [-0.39, 0.29) is 5.56 Å². The Bertz CT molecular complexity index is 1120. The molecule has 0 saturated heterocycles. The van der Waals surface area contributed by atoms with Crippen molar-refractivity contribution in [3.8, 4) is 11.3 Å². The maximum atomic E-state index is 12.7. The van der Waals surface area contributed by atoms with Gasteiger partial charge in [0.2, 0.25) is 0 Å². The molecule has 0 aliphatic carbocycles. The molecule has 0 fully saturated rings. The van der Waals surface area contributed by atoms with E-state index in [4.69, 9.17) is 23.2 Å². The summed E-state index contributed by atoms with van der Waals surface area (Å²) in [5.74, 6) is -1.27. The first-order chi connectivity index (χ1) is 13.8. The minimum Gasteiger partial charge on any atom is -0.477 e. The summed E-state index contributed by atoms with van der Waals surface area (Å²) < 4.78 is 1.85. The normalized spacial score (nSPS) is 10.9. The summed E-state index contributed by atoms with van der Waals surface area (Å²) >= 11 is 13.8. The van der Waals surface area contributed by atoms with Gasteiger partial charge in [0.15, 0.2) is 5.43 Å². The van der Waals surface area contributed by atoms with Crippen LogP contribution >= 0.6 is 35.0 Å². The highest BCUT2D eigenvalue weighted by Gasteiger charge is 2.22. The van der Waals surface area contributed by atoms with Crippen molar-refractivity contribution >= 4 is 40.9 Å². The number of hydrogen-bond acceptors (Lipinski definition) is 3. The number of rotatable bonds is 6. The van der Waals surface area contributed by atoms with E-state index in [2.05, 4.69) is 0 Å². The van der Waals surface area contributed by atoms with Crippen LogP contribution in [0.1, 0.15) is 28.5 Å². The smallest absolute Gasteiger partial charge is 0.341 e. The molecule has 7 heteroatoms. The monoisotopic (exact) mass is 447 g/mol. The van der Waals surface area contributed by atoms with Crippen molar-refractivity contribution in [1.29, 1.82) is 0 Å². The number of carboxylic acid groups (broad SMARTS) is 1. The number of benzene rings is 2. The highest BCUT2D eigenvalue weighted by molar-refractivity contribution is 7.98. The van der Waals surface area contributed by atoms with E-state index in [1.54, 1.807) is 30.0 Å². The third-order valence-corrected chi connectivity index (χ3v) is 6.15. The van der Waals surface area contributed by atoms with Gasteiger partial charge in [-0.2, -0.15) is 0 Å². The van der Waals surface area contributed by atoms with Gasteiger partial charge in [0.25, 0.3) is 0 Å². The first-order valence-electron chi connectivity index (χ1n) is 8.94. The molecule has 0 spiro atoms. The van der Waals surface area contributed by atoms with E-state index in [1.807, 2.05) is 42.0 Å². The van der Waals surface area contributed by atoms with Gasteiger partial charge >= 0.3 is 5.97 Å². The Kier molecular flexibility index (Phi) is 6.73. The Morgan fingerprint density at radius 2 is 1.76 bits per heavy atom. The summed E-state index contributed by atoms with van der Waals surface area (Å²) in [6.07, 6.45) is 2.52. The van der Waals surface area contributed by atoms with Crippen LogP contribution in [0.3, 0.4) is 0 Å². The lowest BCUT2D eigenvalue weighted by molar-refractivity contribution is 0.0695. The molecule has 1 heterocycles. The fourth-order valence-corrected chi connectivity index (χ4v) is 4.01. The van der Waals surface area contributed by atoms with E-state index in [0.717, 1.165) is 16.2 Å². The first-order valence-corrected chi connectivity index (χ1v) is 10.9. The minimum absolute atomic E-state index is 0.272. The van der Waals surface area contributed by atoms with Gasteiger partial charge in [0.1, 0.15) is 5.56 Å². The lowest BCUT2D eigenvalue weighted by Gasteiger charge is -2.20. The van der Waals surface area contributed by atoms with Crippen molar-refractivity contribution in [3.63, 3.8) is 0 Å². The summed E-state index contributed by atoms with van der Waals surface area (Å²) in [4.78, 5) is 25.8. The number of aromatic carboxylic acids is 1. The second kappa shape index (κ2) is 9.08. The van der Waals surface area contributed by atoms with Gasteiger partial charge in [0, 0.05) is 35.2 Å². The minimum atomic E-state index is -1.27. The highest BCUT2D eigenvalue weighted by Crippen LogP contribution is 2.31. The fraction of sp³-hybridized carbons (Fsp3) is 0.182. The van der Waals surface area contributed by atoms with E-state index in [1.165, 1.54) is 6.07 Å². The third kappa shape index (κ3) is 4.53. The predicted molar refractivity (Wildman–Crippen MR) is 120 cm³/mol. The molecular formula is C22H19Cl2NO3S. The third-order valence-electron chi connectivity index (χ3n) is 4.66. The van der Waals surface area contributed by atoms with Gasteiger partial charge in [0.05, 0.1) is 15.7 Å². The number of halogens is 2. The van der Waals surface area contributed by atoms with Gasteiger partial charge in [-0.15, -0.1) is 11.8 Å². The van der Waals surface area contributed by atoms with Crippen molar-refractivity contribution < 1.29 is 9.90 Å². The Balaban J connectivity index is 2.22. The molecule has 0 radical (unpaired) electrons. The predicted octanol–water partition coefficient (Wildman–Crippen LogP) is 5.85. The molecular weight excluding hydrogens is 429 g/mol. The number of hydrogen-bond donors (Lipinski definition) is 1. The molecule has 1 N–H and O–H groups in total. The lowest BCUT2D eigenvalue weighted by Crippen LogP contribution is -2.23. The van der Waals surface area contributed by atoms with Crippen LogP contribution in [0.2, 0.25) is 10.0 Å². The molecule has 0 unspecified atom stereocenters. The fourth-order valence-electron chi connectivity index (χ4n) is 3.31. The molecule has 0 aliphatic rings. The zero-order valence-electron chi connectivity index (χ0n) is 15.9. The molecule has 2 aromatic carbocycles. The second-order valence-electron chi connectivity index (χ2n) is 6.43. The molecule has 1 aromatic heterocycles. The van der Waals surface area contributed by atoms with Crippen LogP contribution in [0.4, 0.5) is 0 Å². The number of carboxylic acids is 1. The summed E-state index contributed by atoms with van der Waals surface area (Å²) in [6, 6.07) is 14.4. The zero-order valence-corrected chi connectivity index (χ0v) is 18.2. The van der Waals surface area contributed by atoms with Crippen molar-refractivity contribution in [2.45, 2.75) is 24.8 Å². The Labute approximate surface area is 183 Å². The molecule has 4 nitrogen and oxygen atoms in total. The molecule has 0 aliphatic heterocycles. The second-order valence-corrected chi connectivity index (χ2v) is 8.12. The molecule has 29 heavy (non-hydrogen) atoms. The molecule has 0 saturated carbocycles. The van der Waals surface area contributed by atoms with E-state index < -0.39 is 11.4 Å². The maximum absolute atomic E-state index is 12.7. The average Bonchev–Trinajstić information content (AvgIpc) is 2.70. The van der Waals surface area contributed by atoms with Crippen molar-refractivity contribution in [2.75, 3.05) is 6.26 Å². The number of nitrogens with zero attached hydrogens (tertiary/aromatic N) is 1. The van der Waals surface area contributed by atoms with Gasteiger partial charge in [-0.1, -0.05) is 41.4 Å². The number of aromatic nitrogens is 1. The number of thioether (sulfide) groups is 1. The summed E-state index contributed by atoms with van der Waals surface area (Å²) in [6.45, 7) is 2.41. The Hall–Kier alpha value is -2.21. The van der Waals surface area contributed by atoms with Crippen LogP contribution < -0.4 is 5.43 Å². The zero-order chi connectivity index (χ0) is 21.1. The SMILES string of the molecule is CCn1c(Cc2ccc(SC)cc2)cc(=O)c(C(=O)O)c1-c1ccc(Cl)c(Cl)c1. The summed E-state index contributed by atoms with van der Waals surface area (Å²) in [5.41, 5.74) is 1.84. The average molecular weight is 448 g/mol. The van der Waals surface area contributed by atoms with Gasteiger partial charge < -0.3 is 9.67 Å². The largest absolute Gasteiger partial charge is 0.477 e. The molecule has 3 rings (SSSR count). The van der Waals surface area contributed by atoms with E-state index in [0.29, 0.717) is 34.3 Å². The number of pyridine rings is 1. The Morgan fingerprint density at radius 1 is 1.07 bits per heavy atom. The van der Waals surface area contributed by atoms with Gasteiger partial charge in [-0.05, 0) is 43.0 Å². The molecule has 150 valence electrons. The molecule has 0 amide bonds. The standard InChI is InChI=1S/C22H19Cl2NO3S/c1-3-25-15(10-13-4-7-16(29-2)8-5-13)12-19(26)20(22(27)28)21(25)14-6-9-17(23)18(24)11-14/h4-9,11-12H,3,10H2,1-2H3,(H,27,28). The van der Waals surface area contributed by atoms with Gasteiger partial charge in [-0.25, -0.2) is 4.79 Å². The summed E-state index contributed by atoms with van der Waals surface area (Å²) in [5, 5.41) is 10.4. The molecule has 3 aromatic rings. The molecule has 0 bridgehead atoms. The van der Waals surface area contributed by atoms with Gasteiger partial charge in [-0.3, -0.25) is 4.79 Å². The van der Waals surface area contributed by atoms with Crippen LogP contribution in [-0.4, -0.2) is 21.9 Å². The quantitative estimate of drug-likeness (QED) is 0.481. The van der Waals surface area contributed by atoms with Crippen LogP contribution in [0.15, 0.2) is 58.2 Å². The van der Waals surface area contributed by atoms with Crippen molar-refractivity contribution in [1.82, 2.24) is 4.57 Å². The summed E-state index contributed by atoms with van der Waals surface area (Å²) in [7, 11) is 0. The lowest BCUT2D eigenvalue weighted by atomic mass is 10.0. The first kappa shape index (κ1) is 21.5. The maximum Gasteiger partial charge on any atom is 0.341 e. The van der Waals surface area contributed by atoms with E-state index in [9.17, 15) is 14.7 Å². The highest BCUT2D eigenvalue weighted by atomic mass is 35.5. The van der Waals surface area contributed by atoms with Crippen molar-refractivity contribution in [2.24, 2.45) is 0 Å². The van der Waals surface area contributed by atoms with Crippen LogP contribution in [0.5, 0.6) is 0 Å². The van der Waals surface area contributed by atoms with Crippen LogP contribution in [-0.2, 0) is 13.0 Å². The van der Waals surface area contributed by atoms with Crippen LogP contribution in [0, 0.1) is 0 Å². The van der Waals surface area contributed by atoms with Crippen molar-refractivity contribution in [3.05, 3.63) is 85.6 Å². The van der Waals surface area contributed by atoms with E-state index >= 15 is 0 Å².